The highest BCUT2D eigenvalue weighted by molar-refractivity contribution is 5.97. The van der Waals surface area contributed by atoms with Gasteiger partial charge in [-0.05, 0) is 17.2 Å². The summed E-state index contributed by atoms with van der Waals surface area (Å²) in [6, 6.07) is 17.9. The zero-order valence-corrected chi connectivity index (χ0v) is 12.0. The minimum absolute atomic E-state index is 0.0957. The van der Waals surface area contributed by atoms with Gasteiger partial charge < -0.3 is 4.90 Å². The summed E-state index contributed by atoms with van der Waals surface area (Å²) in [5, 5.41) is 0. The highest BCUT2D eigenvalue weighted by atomic mass is 16.2. The van der Waals surface area contributed by atoms with Crippen LogP contribution in [0.15, 0.2) is 61.2 Å². The Hall–Kier alpha value is -2.35. The van der Waals surface area contributed by atoms with E-state index in [2.05, 4.69) is 6.58 Å². The quantitative estimate of drug-likeness (QED) is 0.814. The number of para-hydroxylation sites is 1. The molecule has 0 N–H and O–H groups in total. The van der Waals surface area contributed by atoms with E-state index in [9.17, 15) is 4.79 Å². The van der Waals surface area contributed by atoms with Crippen LogP contribution in [-0.4, -0.2) is 13.0 Å². The van der Waals surface area contributed by atoms with Gasteiger partial charge in [-0.15, -0.1) is 0 Å². The van der Waals surface area contributed by atoms with E-state index in [-0.39, 0.29) is 5.91 Å². The first-order chi connectivity index (χ1) is 9.65. The Labute approximate surface area is 120 Å². The standard InChI is InChI=1S/C18H19NO/c1-4-18(20)19(3)17-13-9-8-12-16(17)14(2)15-10-6-5-7-11-15/h5-13H,2,4H2,1,3H3. The molecule has 0 fully saturated rings. The molecule has 2 nitrogen and oxygen atoms in total. The van der Waals surface area contributed by atoms with Crippen molar-refractivity contribution in [2.75, 3.05) is 11.9 Å². The van der Waals surface area contributed by atoms with E-state index in [0.717, 1.165) is 22.4 Å². The van der Waals surface area contributed by atoms with Crippen LogP contribution < -0.4 is 4.90 Å². The number of benzene rings is 2. The first kappa shape index (κ1) is 14.1. The summed E-state index contributed by atoms with van der Waals surface area (Å²) in [7, 11) is 1.81. The molecule has 0 bridgehead atoms. The van der Waals surface area contributed by atoms with E-state index in [1.807, 2.05) is 68.6 Å². The van der Waals surface area contributed by atoms with Gasteiger partial charge in [0, 0.05) is 19.0 Å². The van der Waals surface area contributed by atoms with Crippen molar-refractivity contribution in [1.29, 1.82) is 0 Å². The third-order valence-corrected chi connectivity index (χ3v) is 3.39. The highest BCUT2D eigenvalue weighted by Gasteiger charge is 2.14. The van der Waals surface area contributed by atoms with E-state index in [4.69, 9.17) is 0 Å². The third kappa shape index (κ3) is 2.80. The molecule has 2 aromatic rings. The molecule has 1 amide bonds. The Kier molecular flexibility index (Phi) is 4.36. The lowest BCUT2D eigenvalue weighted by Crippen LogP contribution is -2.26. The Bertz CT molecular complexity index is 616. The van der Waals surface area contributed by atoms with Crippen LogP contribution in [0.2, 0.25) is 0 Å². The number of carbonyl (C=O) groups is 1. The fraction of sp³-hybridized carbons (Fsp3) is 0.167. The predicted molar refractivity (Wildman–Crippen MR) is 84.7 cm³/mol. The summed E-state index contributed by atoms with van der Waals surface area (Å²) in [6.45, 7) is 6.05. The van der Waals surface area contributed by atoms with Crippen LogP contribution in [-0.2, 0) is 4.79 Å². The number of rotatable bonds is 4. The maximum atomic E-state index is 11.9. The van der Waals surface area contributed by atoms with Crippen LogP contribution in [0.25, 0.3) is 5.57 Å². The summed E-state index contributed by atoms with van der Waals surface area (Å²) >= 11 is 0. The molecule has 0 aliphatic heterocycles. The van der Waals surface area contributed by atoms with Crippen molar-refractivity contribution >= 4 is 17.2 Å². The Morgan fingerprint density at radius 3 is 2.30 bits per heavy atom. The van der Waals surface area contributed by atoms with Crippen molar-refractivity contribution in [2.24, 2.45) is 0 Å². The first-order valence-corrected chi connectivity index (χ1v) is 6.75. The predicted octanol–water partition coefficient (Wildman–Crippen LogP) is 4.12. The maximum Gasteiger partial charge on any atom is 0.226 e. The number of hydrogen-bond acceptors (Lipinski definition) is 1. The molecule has 102 valence electrons. The van der Waals surface area contributed by atoms with E-state index in [0.29, 0.717) is 6.42 Å². The van der Waals surface area contributed by atoms with Crippen molar-refractivity contribution in [2.45, 2.75) is 13.3 Å². The van der Waals surface area contributed by atoms with Crippen LogP contribution in [0.5, 0.6) is 0 Å². The SMILES string of the molecule is C=C(c1ccccc1)c1ccccc1N(C)C(=O)CC. The summed E-state index contributed by atoms with van der Waals surface area (Å²) in [5.41, 5.74) is 3.88. The summed E-state index contributed by atoms with van der Waals surface area (Å²) in [5.74, 6) is 0.0957. The molecule has 2 aromatic carbocycles. The van der Waals surface area contributed by atoms with Gasteiger partial charge >= 0.3 is 0 Å². The molecular weight excluding hydrogens is 246 g/mol. The van der Waals surface area contributed by atoms with Crippen LogP contribution in [0, 0.1) is 0 Å². The molecule has 0 saturated carbocycles. The largest absolute Gasteiger partial charge is 0.315 e. The third-order valence-electron chi connectivity index (χ3n) is 3.39. The molecule has 2 heteroatoms. The zero-order chi connectivity index (χ0) is 14.5. The van der Waals surface area contributed by atoms with Gasteiger partial charge in [0.25, 0.3) is 0 Å². The van der Waals surface area contributed by atoms with Crippen molar-refractivity contribution < 1.29 is 4.79 Å². The second-order valence-corrected chi connectivity index (χ2v) is 4.67. The van der Waals surface area contributed by atoms with Crippen LogP contribution in [0.3, 0.4) is 0 Å². The smallest absolute Gasteiger partial charge is 0.226 e. The average molecular weight is 265 g/mol. The Balaban J connectivity index is 2.43. The summed E-state index contributed by atoms with van der Waals surface area (Å²) in [4.78, 5) is 13.6. The molecular formula is C18H19NO. The molecule has 0 unspecified atom stereocenters. The molecule has 0 aliphatic rings. The van der Waals surface area contributed by atoms with Gasteiger partial charge in [0.05, 0.1) is 5.69 Å². The van der Waals surface area contributed by atoms with Gasteiger partial charge in [-0.25, -0.2) is 0 Å². The molecule has 0 aromatic heterocycles. The zero-order valence-electron chi connectivity index (χ0n) is 12.0. The monoisotopic (exact) mass is 265 g/mol. The molecule has 0 spiro atoms. The van der Waals surface area contributed by atoms with E-state index in [1.54, 1.807) is 4.90 Å². The van der Waals surface area contributed by atoms with Gasteiger partial charge in [0.15, 0.2) is 0 Å². The second-order valence-electron chi connectivity index (χ2n) is 4.67. The molecule has 0 atom stereocenters. The van der Waals surface area contributed by atoms with Gasteiger partial charge in [-0.3, -0.25) is 4.79 Å². The van der Waals surface area contributed by atoms with Gasteiger partial charge in [0.2, 0.25) is 5.91 Å². The van der Waals surface area contributed by atoms with Crippen molar-refractivity contribution in [1.82, 2.24) is 0 Å². The lowest BCUT2D eigenvalue weighted by Gasteiger charge is -2.21. The number of anilines is 1. The van der Waals surface area contributed by atoms with Crippen LogP contribution >= 0.6 is 0 Å². The number of carbonyl (C=O) groups excluding carboxylic acids is 1. The number of amides is 1. The first-order valence-electron chi connectivity index (χ1n) is 6.75. The molecule has 0 aliphatic carbocycles. The van der Waals surface area contributed by atoms with Gasteiger partial charge in [0.1, 0.15) is 0 Å². The second kappa shape index (κ2) is 6.20. The number of hydrogen-bond donors (Lipinski definition) is 0. The molecule has 20 heavy (non-hydrogen) atoms. The lowest BCUT2D eigenvalue weighted by atomic mass is 9.97. The summed E-state index contributed by atoms with van der Waals surface area (Å²) in [6.07, 6.45) is 0.489. The normalized spacial score (nSPS) is 10.1. The van der Waals surface area contributed by atoms with Crippen LogP contribution in [0.1, 0.15) is 24.5 Å². The van der Waals surface area contributed by atoms with Gasteiger partial charge in [-0.1, -0.05) is 62.0 Å². The maximum absolute atomic E-state index is 11.9. The average Bonchev–Trinajstić information content (AvgIpc) is 2.53. The molecule has 0 heterocycles. The van der Waals surface area contributed by atoms with Crippen LogP contribution in [0.4, 0.5) is 5.69 Å². The van der Waals surface area contributed by atoms with Crippen molar-refractivity contribution in [3.8, 4) is 0 Å². The fourth-order valence-electron chi connectivity index (χ4n) is 2.19. The van der Waals surface area contributed by atoms with E-state index in [1.165, 1.54) is 0 Å². The van der Waals surface area contributed by atoms with E-state index >= 15 is 0 Å². The summed E-state index contributed by atoms with van der Waals surface area (Å²) < 4.78 is 0. The highest BCUT2D eigenvalue weighted by Crippen LogP contribution is 2.30. The lowest BCUT2D eigenvalue weighted by molar-refractivity contribution is -0.118. The van der Waals surface area contributed by atoms with Gasteiger partial charge in [-0.2, -0.15) is 0 Å². The minimum atomic E-state index is 0.0957. The molecule has 0 radical (unpaired) electrons. The molecule has 0 saturated heterocycles. The van der Waals surface area contributed by atoms with Crippen molar-refractivity contribution in [3.05, 3.63) is 72.3 Å². The Morgan fingerprint density at radius 1 is 1.05 bits per heavy atom. The number of nitrogens with zero attached hydrogens (tertiary/aromatic N) is 1. The molecule has 2 rings (SSSR count). The van der Waals surface area contributed by atoms with E-state index < -0.39 is 0 Å². The minimum Gasteiger partial charge on any atom is -0.315 e. The fourth-order valence-corrected chi connectivity index (χ4v) is 2.19. The Morgan fingerprint density at radius 2 is 1.65 bits per heavy atom. The van der Waals surface area contributed by atoms with Crippen molar-refractivity contribution in [3.63, 3.8) is 0 Å². The topological polar surface area (TPSA) is 20.3 Å².